The lowest BCUT2D eigenvalue weighted by molar-refractivity contribution is 0.212. The standard InChI is InChI=1S/C13H23N5/c1-2-12-14-13(16-15-12)10-17-6-4-8-18-7-3-5-11(18)9-17/h11H,2-10H2,1H3,(H,14,15,16)/t11-/m0/s1. The van der Waals surface area contributed by atoms with E-state index in [-0.39, 0.29) is 0 Å². The molecule has 0 unspecified atom stereocenters. The number of hydrogen-bond acceptors (Lipinski definition) is 4. The average Bonchev–Trinajstić information content (AvgIpc) is 2.96. The predicted octanol–water partition coefficient (Wildman–Crippen LogP) is 1.04. The Kier molecular flexibility index (Phi) is 3.61. The third-order valence-electron chi connectivity index (χ3n) is 4.16. The summed E-state index contributed by atoms with van der Waals surface area (Å²) in [5.74, 6) is 1.96. The summed E-state index contributed by atoms with van der Waals surface area (Å²) in [6.45, 7) is 7.99. The molecule has 3 heterocycles. The van der Waals surface area contributed by atoms with Gasteiger partial charge in [0, 0.05) is 19.0 Å². The van der Waals surface area contributed by atoms with Gasteiger partial charge >= 0.3 is 0 Å². The Balaban J connectivity index is 1.61. The molecular weight excluding hydrogens is 226 g/mol. The highest BCUT2D eigenvalue weighted by atomic mass is 15.3. The van der Waals surface area contributed by atoms with Crippen LogP contribution < -0.4 is 0 Å². The van der Waals surface area contributed by atoms with E-state index in [9.17, 15) is 0 Å². The quantitative estimate of drug-likeness (QED) is 0.869. The lowest BCUT2D eigenvalue weighted by Gasteiger charge is -2.24. The van der Waals surface area contributed by atoms with Gasteiger partial charge in [-0.3, -0.25) is 14.9 Å². The van der Waals surface area contributed by atoms with Crippen LogP contribution >= 0.6 is 0 Å². The summed E-state index contributed by atoms with van der Waals surface area (Å²) in [7, 11) is 0. The minimum Gasteiger partial charge on any atom is -0.299 e. The molecule has 5 nitrogen and oxygen atoms in total. The van der Waals surface area contributed by atoms with Gasteiger partial charge in [0.25, 0.3) is 0 Å². The molecule has 1 N–H and O–H groups in total. The molecule has 0 radical (unpaired) electrons. The third kappa shape index (κ3) is 2.57. The van der Waals surface area contributed by atoms with Crippen LogP contribution in [0.2, 0.25) is 0 Å². The van der Waals surface area contributed by atoms with Gasteiger partial charge in [0.15, 0.2) is 0 Å². The molecule has 1 atom stereocenters. The summed E-state index contributed by atoms with van der Waals surface area (Å²) in [5, 5.41) is 7.28. The molecule has 0 saturated carbocycles. The van der Waals surface area contributed by atoms with Crippen molar-refractivity contribution in [1.82, 2.24) is 25.0 Å². The molecular formula is C13H23N5. The Morgan fingerprint density at radius 1 is 1.28 bits per heavy atom. The van der Waals surface area contributed by atoms with Crippen LogP contribution in [0.15, 0.2) is 0 Å². The van der Waals surface area contributed by atoms with Gasteiger partial charge < -0.3 is 0 Å². The molecule has 2 aliphatic rings. The van der Waals surface area contributed by atoms with Crippen LogP contribution in [-0.2, 0) is 13.0 Å². The minimum atomic E-state index is 0.779. The smallest absolute Gasteiger partial charge is 0.150 e. The van der Waals surface area contributed by atoms with Gasteiger partial charge in [0.1, 0.15) is 11.6 Å². The first-order valence-corrected chi connectivity index (χ1v) is 7.21. The number of rotatable bonds is 3. The van der Waals surface area contributed by atoms with Crippen LogP contribution in [0.4, 0.5) is 0 Å². The third-order valence-corrected chi connectivity index (χ3v) is 4.16. The van der Waals surface area contributed by atoms with E-state index in [1.165, 1.54) is 45.4 Å². The van der Waals surface area contributed by atoms with E-state index in [1.807, 2.05) is 0 Å². The minimum absolute atomic E-state index is 0.779. The number of aryl methyl sites for hydroxylation is 1. The molecule has 2 saturated heterocycles. The van der Waals surface area contributed by atoms with Crippen molar-refractivity contribution in [1.29, 1.82) is 0 Å². The molecule has 0 amide bonds. The van der Waals surface area contributed by atoms with Gasteiger partial charge in [0.2, 0.25) is 0 Å². The number of H-pyrrole nitrogens is 1. The number of hydrogen-bond donors (Lipinski definition) is 1. The van der Waals surface area contributed by atoms with Crippen LogP contribution in [0.5, 0.6) is 0 Å². The van der Waals surface area contributed by atoms with E-state index in [4.69, 9.17) is 0 Å². The summed E-state index contributed by atoms with van der Waals surface area (Å²) in [4.78, 5) is 9.72. The van der Waals surface area contributed by atoms with Gasteiger partial charge in [-0.05, 0) is 38.9 Å². The van der Waals surface area contributed by atoms with Gasteiger partial charge in [-0.25, -0.2) is 4.98 Å². The molecule has 2 aliphatic heterocycles. The van der Waals surface area contributed by atoms with E-state index in [1.54, 1.807) is 0 Å². The zero-order chi connectivity index (χ0) is 12.4. The summed E-state index contributed by atoms with van der Waals surface area (Å²) < 4.78 is 0. The first-order valence-electron chi connectivity index (χ1n) is 7.21. The highest BCUT2D eigenvalue weighted by Crippen LogP contribution is 2.21. The number of aromatic nitrogens is 3. The fourth-order valence-corrected chi connectivity index (χ4v) is 3.20. The van der Waals surface area contributed by atoms with Crippen molar-refractivity contribution in [2.45, 2.75) is 45.2 Å². The van der Waals surface area contributed by atoms with E-state index in [0.29, 0.717) is 0 Å². The number of fused-ring (bicyclic) bond motifs is 1. The molecule has 0 aliphatic carbocycles. The second-order valence-corrected chi connectivity index (χ2v) is 5.47. The molecule has 5 heteroatoms. The first-order chi connectivity index (χ1) is 8.85. The molecule has 0 bridgehead atoms. The Labute approximate surface area is 109 Å². The summed E-state index contributed by atoms with van der Waals surface area (Å²) in [5.41, 5.74) is 0. The summed E-state index contributed by atoms with van der Waals surface area (Å²) >= 11 is 0. The van der Waals surface area contributed by atoms with Gasteiger partial charge in [-0.1, -0.05) is 6.92 Å². The van der Waals surface area contributed by atoms with Crippen molar-refractivity contribution in [3.63, 3.8) is 0 Å². The first kappa shape index (κ1) is 12.1. The number of nitrogens with one attached hydrogen (secondary N) is 1. The summed E-state index contributed by atoms with van der Waals surface area (Å²) in [6.07, 6.45) is 4.94. The van der Waals surface area contributed by atoms with Crippen molar-refractivity contribution >= 4 is 0 Å². The Morgan fingerprint density at radius 3 is 3.00 bits per heavy atom. The monoisotopic (exact) mass is 249 g/mol. The van der Waals surface area contributed by atoms with Gasteiger partial charge in [0.05, 0.1) is 6.54 Å². The maximum absolute atomic E-state index is 4.52. The normalized spacial score (nSPS) is 26.2. The van der Waals surface area contributed by atoms with E-state index in [0.717, 1.165) is 30.7 Å². The van der Waals surface area contributed by atoms with E-state index in [2.05, 4.69) is 31.9 Å². The predicted molar refractivity (Wildman–Crippen MR) is 70.2 cm³/mol. The van der Waals surface area contributed by atoms with E-state index >= 15 is 0 Å². The van der Waals surface area contributed by atoms with Crippen molar-refractivity contribution in [3.8, 4) is 0 Å². The molecule has 1 aromatic heterocycles. The second kappa shape index (κ2) is 5.36. The number of nitrogens with zero attached hydrogens (tertiary/aromatic N) is 4. The van der Waals surface area contributed by atoms with Crippen LogP contribution in [0.25, 0.3) is 0 Å². The van der Waals surface area contributed by atoms with Crippen molar-refractivity contribution in [3.05, 3.63) is 11.6 Å². The van der Waals surface area contributed by atoms with Crippen molar-refractivity contribution < 1.29 is 0 Å². The van der Waals surface area contributed by atoms with Crippen LogP contribution in [0.3, 0.4) is 0 Å². The lowest BCUT2D eigenvalue weighted by atomic mass is 10.2. The zero-order valence-corrected chi connectivity index (χ0v) is 11.2. The molecule has 3 rings (SSSR count). The molecule has 1 aromatic rings. The maximum atomic E-state index is 4.52. The molecule has 0 aromatic carbocycles. The average molecular weight is 249 g/mol. The highest BCUT2D eigenvalue weighted by molar-refractivity contribution is 4.92. The topological polar surface area (TPSA) is 48.1 Å². The Bertz CT molecular complexity index is 388. The van der Waals surface area contributed by atoms with E-state index < -0.39 is 0 Å². The van der Waals surface area contributed by atoms with Crippen LogP contribution in [0.1, 0.15) is 37.8 Å². The summed E-state index contributed by atoms with van der Waals surface area (Å²) in [6, 6.07) is 0.779. The lowest BCUT2D eigenvalue weighted by Crippen LogP contribution is -2.36. The maximum Gasteiger partial charge on any atom is 0.150 e. The SMILES string of the molecule is CCc1n[nH]c(CN2CCCN3CCC[C@H]3C2)n1. The Hall–Kier alpha value is -0.940. The van der Waals surface area contributed by atoms with Gasteiger partial charge in [-0.15, -0.1) is 0 Å². The fourth-order valence-electron chi connectivity index (χ4n) is 3.20. The largest absolute Gasteiger partial charge is 0.299 e. The van der Waals surface area contributed by atoms with Crippen molar-refractivity contribution in [2.75, 3.05) is 26.2 Å². The van der Waals surface area contributed by atoms with Crippen molar-refractivity contribution in [2.24, 2.45) is 0 Å². The zero-order valence-electron chi connectivity index (χ0n) is 11.2. The van der Waals surface area contributed by atoms with Crippen LogP contribution in [0, 0.1) is 0 Å². The van der Waals surface area contributed by atoms with Gasteiger partial charge in [-0.2, -0.15) is 5.10 Å². The number of aromatic amines is 1. The Morgan fingerprint density at radius 2 is 2.17 bits per heavy atom. The van der Waals surface area contributed by atoms with Crippen LogP contribution in [-0.4, -0.2) is 57.2 Å². The highest BCUT2D eigenvalue weighted by Gasteiger charge is 2.28. The molecule has 2 fully saturated rings. The second-order valence-electron chi connectivity index (χ2n) is 5.47. The molecule has 100 valence electrons. The molecule has 0 spiro atoms. The molecule has 18 heavy (non-hydrogen) atoms. The fraction of sp³-hybridized carbons (Fsp3) is 0.846.